The van der Waals surface area contributed by atoms with Crippen LogP contribution >= 0.6 is 11.8 Å². The largest absolute Gasteiger partial charge is 0.422 e. The molecule has 1 fully saturated rings. The van der Waals surface area contributed by atoms with Gasteiger partial charge in [0.15, 0.2) is 5.17 Å². The van der Waals surface area contributed by atoms with Gasteiger partial charge in [0.1, 0.15) is 5.56 Å². The van der Waals surface area contributed by atoms with E-state index in [9.17, 15) is 28.1 Å². The van der Waals surface area contributed by atoms with Gasteiger partial charge in [-0.3, -0.25) is 14.9 Å². The summed E-state index contributed by atoms with van der Waals surface area (Å²) in [5, 5.41) is 20.6. The average molecular weight is 332 g/mol. The minimum absolute atomic E-state index is 0.0818. The zero-order chi connectivity index (χ0) is 16.3. The Hall–Kier alpha value is -2.43. The molecule has 0 aromatic heterocycles. The molecule has 1 aromatic carbocycles. The maximum absolute atomic E-state index is 12.6. The molecule has 1 heterocycles. The van der Waals surface area contributed by atoms with Crippen molar-refractivity contribution in [1.29, 1.82) is 0 Å². The van der Waals surface area contributed by atoms with E-state index in [1.807, 2.05) is 0 Å². The number of nitro benzene ring substituents is 1. The van der Waals surface area contributed by atoms with Crippen LogP contribution in [0.1, 0.15) is 11.1 Å². The zero-order valence-electron chi connectivity index (χ0n) is 10.6. The van der Waals surface area contributed by atoms with Crippen molar-refractivity contribution in [3.05, 3.63) is 39.4 Å². The molecule has 0 saturated carbocycles. The van der Waals surface area contributed by atoms with Crippen LogP contribution in [0, 0.1) is 10.1 Å². The van der Waals surface area contributed by atoms with Crippen LogP contribution in [-0.2, 0) is 11.0 Å². The molecule has 0 spiro atoms. The van der Waals surface area contributed by atoms with Crippen LogP contribution in [0.4, 0.5) is 18.9 Å². The summed E-state index contributed by atoms with van der Waals surface area (Å²) in [6.07, 6.45) is -3.76. The minimum atomic E-state index is -4.82. The van der Waals surface area contributed by atoms with Crippen LogP contribution in [0.15, 0.2) is 28.4 Å². The van der Waals surface area contributed by atoms with E-state index in [4.69, 9.17) is 0 Å². The highest BCUT2D eigenvalue weighted by atomic mass is 32.2. The summed E-state index contributed by atoms with van der Waals surface area (Å²) in [5.74, 6) is -0.0239. The third kappa shape index (κ3) is 3.81. The number of carbonyl (C=O) groups is 1. The number of benzene rings is 1. The first-order valence-electron chi connectivity index (χ1n) is 5.66. The molecular weight excluding hydrogens is 325 g/mol. The Morgan fingerprint density at radius 1 is 1.41 bits per heavy atom. The minimum Gasteiger partial charge on any atom is -0.303 e. The Labute approximate surface area is 125 Å². The summed E-state index contributed by atoms with van der Waals surface area (Å²) in [6, 6.07) is 2.41. The van der Waals surface area contributed by atoms with Gasteiger partial charge in [0.25, 0.3) is 5.69 Å². The smallest absolute Gasteiger partial charge is 0.303 e. The van der Waals surface area contributed by atoms with Crippen LogP contribution in [0.3, 0.4) is 0 Å². The van der Waals surface area contributed by atoms with Gasteiger partial charge in [-0.05, 0) is 6.07 Å². The molecule has 0 unspecified atom stereocenters. The highest BCUT2D eigenvalue weighted by Crippen LogP contribution is 2.36. The molecule has 1 aromatic rings. The molecule has 1 N–H and O–H groups in total. The molecule has 1 aliphatic heterocycles. The van der Waals surface area contributed by atoms with Crippen molar-refractivity contribution in [1.82, 2.24) is 5.32 Å². The molecule has 2 rings (SSSR count). The summed E-state index contributed by atoms with van der Waals surface area (Å²) in [4.78, 5) is 20.5. The number of rotatable bonds is 3. The molecule has 0 radical (unpaired) electrons. The number of nitrogens with one attached hydrogen (secondary N) is 1. The number of hydrogen-bond acceptors (Lipinski definition) is 6. The van der Waals surface area contributed by atoms with E-state index in [2.05, 4.69) is 15.5 Å². The van der Waals surface area contributed by atoms with Gasteiger partial charge in [0.2, 0.25) is 5.91 Å². The summed E-state index contributed by atoms with van der Waals surface area (Å²) < 4.78 is 37.9. The molecule has 116 valence electrons. The SMILES string of the molecule is O=C1CSC(=NN=Cc2ccc(C(F)(F)F)c([N+](=O)[O-])c2)N1. The third-order valence-electron chi connectivity index (χ3n) is 2.47. The van der Waals surface area contributed by atoms with Crippen molar-refractivity contribution in [2.24, 2.45) is 10.2 Å². The molecule has 1 amide bonds. The molecule has 0 aliphatic carbocycles. The lowest BCUT2D eigenvalue weighted by Crippen LogP contribution is -2.19. The van der Waals surface area contributed by atoms with Crippen molar-refractivity contribution in [2.75, 3.05) is 5.75 Å². The van der Waals surface area contributed by atoms with Gasteiger partial charge in [-0.25, -0.2) is 0 Å². The molecule has 1 saturated heterocycles. The number of thioether (sulfide) groups is 1. The molecular formula is C11H7F3N4O3S. The topological polar surface area (TPSA) is 97.0 Å². The monoisotopic (exact) mass is 332 g/mol. The van der Waals surface area contributed by atoms with Gasteiger partial charge < -0.3 is 5.32 Å². The summed E-state index contributed by atoms with van der Waals surface area (Å²) in [5.41, 5.74) is -2.31. The lowest BCUT2D eigenvalue weighted by atomic mass is 10.1. The number of amides is 1. The Morgan fingerprint density at radius 3 is 2.68 bits per heavy atom. The van der Waals surface area contributed by atoms with E-state index in [0.717, 1.165) is 30.1 Å². The third-order valence-corrected chi connectivity index (χ3v) is 3.33. The molecule has 1 aliphatic rings. The number of hydrogen-bond donors (Lipinski definition) is 1. The Bertz CT molecular complexity index is 688. The highest BCUT2D eigenvalue weighted by molar-refractivity contribution is 8.15. The van der Waals surface area contributed by atoms with E-state index < -0.39 is 22.4 Å². The van der Waals surface area contributed by atoms with Crippen molar-refractivity contribution < 1.29 is 22.9 Å². The maximum atomic E-state index is 12.6. The maximum Gasteiger partial charge on any atom is 0.422 e. The predicted octanol–water partition coefficient (Wildman–Crippen LogP) is 2.17. The summed E-state index contributed by atoms with van der Waals surface area (Å²) in [7, 11) is 0. The number of nitrogens with zero attached hydrogens (tertiary/aromatic N) is 3. The van der Waals surface area contributed by atoms with Crippen LogP contribution in [0.5, 0.6) is 0 Å². The number of alkyl halides is 3. The van der Waals surface area contributed by atoms with E-state index in [-0.39, 0.29) is 22.4 Å². The number of halogens is 3. The van der Waals surface area contributed by atoms with Gasteiger partial charge in [-0.2, -0.15) is 18.3 Å². The van der Waals surface area contributed by atoms with Crippen molar-refractivity contribution in [2.45, 2.75) is 6.18 Å². The predicted molar refractivity (Wildman–Crippen MR) is 73.7 cm³/mol. The van der Waals surface area contributed by atoms with Gasteiger partial charge in [0, 0.05) is 11.6 Å². The number of carbonyl (C=O) groups excluding carboxylic acids is 1. The number of amidine groups is 1. The van der Waals surface area contributed by atoms with Crippen LogP contribution in [-0.4, -0.2) is 28.0 Å². The van der Waals surface area contributed by atoms with Gasteiger partial charge >= 0.3 is 6.18 Å². The van der Waals surface area contributed by atoms with Crippen molar-refractivity contribution in [3.8, 4) is 0 Å². The zero-order valence-corrected chi connectivity index (χ0v) is 11.4. The first-order valence-corrected chi connectivity index (χ1v) is 6.65. The Balaban J connectivity index is 2.24. The summed E-state index contributed by atoms with van der Waals surface area (Å²) in [6.45, 7) is 0. The molecule has 0 bridgehead atoms. The van der Waals surface area contributed by atoms with Crippen LogP contribution in [0.25, 0.3) is 0 Å². The normalized spacial score (nSPS) is 17.2. The first kappa shape index (κ1) is 15.9. The van der Waals surface area contributed by atoms with E-state index >= 15 is 0 Å². The molecule has 11 heteroatoms. The van der Waals surface area contributed by atoms with Gasteiger partial charge in [-0.1, -0.05) is 17.8 Å². The lowest BCUT2D eigenvalue weighted by Gasteiger charge is -2.07. The van der Waals surface area contributed by atoms with Gasteiger partial charge in [-0.15, -0.1) is 5.10 Å². The van der Waals surface area contributed by atoms with Crippen LogP contribution < -0.4 is 5.32 Å². The molecule has 0 atom stereocenters. The Morgan fingerprint density at radius 2 is 2.14 bits per heavy atom. The summed E-state index contributed by atoms with van der Waals surface area (Å²) >= 11 is 1.12. The van der Waals surface area contributed by atoms with Crippen LogP contribution in [0.2, 0.25) is 0 Å². The fraction of sp³-hybridized carbons (Fsp3) is 0.182. The van der Waals surface area contributed by atoms with E-state index in [1.165, 1.54) is 0 Å². The molecule has 7 nitrogen and oxygen atoms in total. The highest BCUT2D eigenvalue weighted by Gasteiger charge is 2.38. The van der Waals surface area contributed by atoms with Crippen molar-refractivity contribution in [3.63, 3.8) is 0 Å². The standard InChI is InChI=1S/C11H7F3N4O3S/c12-11(13,14)7-2-1-6(3-8(7)18(20)21)4-15-17-10-16-9(19)5-22-10/h1-4H,5H2,(H,16,17,19). The second-order valence-corrected chi connectivity index (χ2v) is 4.98. The first-order chi connectivity index (χ1) is 10.3. The van der Waals surface area contributed by atoms with Crippen molar-refractivity contribution >= 4 is 34.7 Å². The fourth-order valence-corrected chi connectivity index (χ4v) is 2.18. The second kappa shape index (κ2) is 6.13. The number of nitro groups is 1. The quantitative estimate of drug-likeness (QED) is 0.521. The molecule has 22 heavy (non-hydrogen) atoms. The lowest BCUT2D eigenvalue weighted by molar-refractivity contribution is -0.388. The Kier molecular flexibility index (Phi) is 4.45. The van der Waals surface area contributed by atoms with Gasteiger partial charge in [0.05, 0.1) is 16.9 Å². The second-order valence-electron chi connectivity index (χ2n) is 4.02. The van der Waals surface area contributed by atoms with E-state index in [1.54, 1.807) is 0 Å². The fourth-order valence-electron chi connectivity index (χ4n) is 1.55. The average Bonchev–Trinajstić information content (AvgIpc) is 2.83. The van der Waals surface area contributed by atoms with E-state index in [0.29, 0.717) is 6.07 Å².